The second-order valence-electron chi connectivity index (χ2n) is 14.8. The Morgan fingerprint density at radius 3 is 1.19 bits per heavy atom. The van der Waals surface area contributed by atoms with E-state index >= 15 is 0 Å². The van der Waals surface area contributed by atoms with Crippen LogP contribution in [-0.4, -0.2) is 0 Å². The molecule has 0 atom stereocenters. The molecule has 0 saturated carbocycles. The Kier molecular flexibility index (Phi) is 6.15. The van der Waals surface area contributed by atoms with Crippen molar-refractivity contribution in [3.8, 4) is 55.6 Å². The van der Waals surface area contributed by atoms with Crippen LogP contribution in [-0.2, 0) is 0 Å². The van der Waals surface area contributed by atoms with Gasteiger partial charge in [-0.1, -0.05) is 158 Å². The molecule has 0 bridgehead atoms. The smallest absolute Gasteiger partial charge is 0.000741 e. The molecule has 11 aromatic rings. The lowest BCUT2D eigenvalue weighted by atomic mass is 9.82. The van der Waals surface area contributed by atoms with Crippen LogP contribution < -0.4 is 0 Å². The molecule has 12 rings (SSSR count). The van der Waals surface area contributed by atoms with Gasteiger partial charge in [-0.25, -0.2) is 0 Å². The van der Waals surface area contributed by atoms with Gasteiger partial charge in [0, 0.05) is 0 Å². The second kappa shape index (κ2) is 11.2. The van der Waals surface area contributed by atoms with Crippen LogP contribution in [0.4, 0.5) is 0 Å². The molecule has 0 nitrogen and oxygen atoms in total. The van der Waals surface area contributed by atoms with Crippen molar-refractivity contribution in [2.45, 2.75) is 0 Å². The Balaban J connectivity index is 1.21. The second-order valence-corrected chi connectivity index (χ2v) is 14.8. The van der Waals surface area contributed by atoms with E-state index in [4.69, 9.17) is 0 Å². The molecule has 0 heteroatoms. The number of hydrogen-bond donors (Lipinski definition) is 0. The van der Waals surface area contributed by atoms with Gasteiger partial charge in [0.15, 0.2) is 0 Å². The molecule has 0 fully saturated rings. The van der Waals surface area contributed by atoms with Crippen LogP contribution in [0.15, 0.2) is 194 Å². The molecule has 0 aromatic heterocycles. The summed E-state index contributed by atoms with van der Waals surface area (Å²) in [6.45, 7) is 0. The average Bonchev–Trinajstić information content (AvgIpc) is 3.56. The van der Waals surface area contributed by atoms with E-state index in [1.165, 1.54) is 120 Å². The molecule has 1 aliphatic carbocycles. The molecule has 0 heterocycles. The molecular weight excluding hydrogens is 649 g/mol. The van der Waals surface area contributed by atoms with Crippen molar-refractivity contribution in [2.75, 3.05) is 0 Å². The summed E-state index contributed by atoms with van der Waals surface area (Å²) in [6, 6.07) is 72.5. The minimum atomic E-state index is 1.24. The molecule has 11 aromatic carbocycles. The zero-order valence-electron chi connectivity index (χ0n) is 29.5. The summed E-state index contributed by atoms with van der Waals surface area (Å²) in [7, 11) is 0. The summed E-state index contributed by atoms with van der Waals surface area (Å²) >= 11 is 0. The van der Waals surface area contributed by atoms with Crippen LogP contribution in [0, 0.1) is 0 Å². The Hall–Kier alpha value is -7.02. The molecule has 0 amide bonds. The predicted molar refractivity (Wildman–Crippen MR) is 232 cm³/mol. The molecule has 0 saturated heterocycles. The van der Waals surface area contributed by atoms with Gasteiger partial charge in [0.2, 0.25) is 0 Å². The zero-order valence-corrected chi connectivity index (χ0v) is 29.5. The highest BCUT2D eigenvalue weighted by Gasteiger charge is 2.31. The number of fused-ring (bicyclic) bond motifs is 8. The van der Waals surface area contributed by atoms with Crippen LogP contribution >= 0.6 is 0 Å². The largest absolute Gasteiger partial charge is 0.0622 e. The van der Waals surface area contributed by atoms with Gasteiger partial charge in [0.05, 0.1) is 0 Å². The van der Waals surface area contributed by atoms with Crippen LogP contribution in [0.25, 0.3) is 120 Å². The standard InChI is InChI=1S/C54H32/c1-2-11-33(12-3-1)44-25-26-49-52-45(44)19-10-20-48(52)53-50(40-23-21-38-27-34-13-4-6-15-36(34)29-42(38)31-40)46-17-8-9-18-47(46)51(54(49)53)41-24-22-39-28-35-14-5-7-16-37(35)30-43(39)32-41/h1-32H. The minimum Gasteiger partial charge on any atom is -0.0622 e. The summed E-state index contributed by atoms with van der Waals surface area (Å²) in [6.07, 6.45) is 0. The minimum absolute atomic E-state index is 1.24. The highest BCUT2D eigenvalue weighted by atomic mass is 14.3. The highest BCUT2D eigenvalue weighted by Crippen LogP contribution is 2.58. The van der Waals surface area contributed by atoms with Gasteiger partial charge in [0.1, 0.15) is 0 Å². The fourth-order valence-corrected chi connectivity index (χ4v) is 9.46. The van der Waals surface area contributed by atoms with E-state index in [1.54, 1.807) is 0 Å². The number of hydrogen-bond acceptors (Lipinski definition) is 0. The lowest BCUT2D eigenvalue weighted by Gasteiger charge is -2.21. The van der Waals surface area contributed by atoms with E-state index in [0.29, 0.717) is 0 Å². The van der Waals surface area contributed by atoms with Crippen molar-refractivity contribution in [1.29, 1.82) is 0 Å². The maximum atomic E-state index is 2.42. The quantitative estimate of drug-likeness (QED) is 0.163. The van der Waals surface area contributed by atoms with Gasteiger partial charge in [0.25, 0.3) is 0 Å². The van der Waals surface area contributed by atoms with Crippen LogP contribution in [0.3, 0.4) is 0 Å². The monoisotopic (exact) mass is 680 g/mol. The van der Waals surface area contributed by atoms with Crippen LogP contribution in [0.1, 0.15) is 0 Å². The van der Waals surface area contributed by atoms with Crippen molar-refractivity contribution in [2.24, 2.45) is 0 Å². The normalized spacial score (nSPS) is 12.1. The van der Waals surface area contributed by atoms with Crippen molar-refractivity contribution in [3.63, 3.8) is 0 Å². The van der Waals surface area contributed by atoms with Gasteiger partial charge in [-0.3, -0.25) is 0 Å². The predicted octanol–water partition coefficient (Wildman–Crippen LogP) is 15.3. The molecule has 1 aliphatic rings. The molecule has 0 N–H and O–H groups in total. The van der Waals surface area contributed by atoms with E-state index in [2.05, 4.69) is 194 Å². The molecule has 0 radical (unpaired) electrons. The Morgan fingerprint density at radius 2 is 0.630 bits per heavy atom. The van der Waals surface area contributed by atoms with Crippen molar-refractivity contribution in [1.82, 2.24) is 0 Å². The maximum absolute atomic E-state index is 2.42. The summed E-state index contributed by atoms with van der Waals surface area (Å²) < 4.78 is 0. The molecule has 54 heavy (non-hydrogen) atoms. The lowest BCUT2D eigenvalue weighted by Crippen LogP contribution is -1.94. The first-order valence-corrected chi connectivity index (χ1v) is 18.8. The first kappa shape index (κ1) is 29.5. The Labute approximate surface area is 313 Å². The highest BCUT2D eigenvalue weighted by molar-refractivity contribution is 6.29. The third-order valence-corrected chi connectivity index (χ3v) is 11.9. The van der Waals surface area contributed by atoms with Crippen molar-refractivity contribution in [3.05, 3.63) is 194 Å². The Morgan fingerprint density at radius 1 is 0.204 bits per heavy atom. The van der Waals surface area contributed by atoms with Crippen LogP contribution in [0.2, 0.25) is 0 Å². The summed E-state index contributed by atoms with van der Waals surface area (Å²) in [4.78, 5) is 0. The zero-order chi connectivity index (χ0) is 35.3. The van der Waals surface area contributed by atoms with E-state index < -0.39 is 0 Å². The third kappa shape index (κ3) is 4.26. The Bertz CT molecular complexity index is 3190. The van der Waals surface area contributed by atoms with Gasteiger partial charge in [-0.2, -0.15) is 0 Å². The topological polar surface area (TPSA) is 0 Å². The fraction of sp³-hybridized carbons (Fsp3) is 0. The first-order chi connectivity index (χ1) is 26.8. The molecule has 0 unspecified atom stereocenters. The van der Waals surface area contributed by atoms with E-state index in [-0.39, 0.29) is 0 Å². The maximum Gasteiger partial charge on any atom is -0.000741 e. The number of benzene rings is 11. The fourth-order valence-electron chi connectivity index (χ4n) is 9.46. The number of rotatable bonds is 3. The molecule has 248 valence electrons. The van der Waals surface area contributed by atoms with E-state index in [9.17, 15) is 0 Å². The van der Waals surface area contributed by atoms with Crippen molar-refractivity contribution >= 4 is 64.6 Å². The van der Waals surface area contributed by atoms with Gasteiger partial charge in [-0.05, 0) is 157 Å². The van der Waals surface area contributed by atoms with Gasteiger partial charge in [-0.15, -0.1) is 0 Å². The summed E-state index contributed by atoms with van der Waals surface area (Å²) in [5.41, 5.74) is 12.9. The van der Waals surface area contributed by atoms with E-state index in [0.717, 1.165) is 0 Å². The average molecular weight is 681 g/mol. The van der Waals surface area contributed by atoms with Crippen LogP contribution in [0.5, 0.6) is 0 Å². The summed E-state index contributed by atoms with van der Waals surface area (Å²) in [5, 5.41) is 15.3. The SMILES string of the molecule is c1ccc(-c2ccc3c4c(cccc24)-c2c-3c(-c3ccc4cc5ccccc5cc4c3)c3ccccc3c2-c2ccc3cc4ccccc4cc3c2)cc1. The molecule has 0 spiro atoms. The van der Waals surface area contributed by atoms with Gasteiger partial charge >= 0.3 is 0 Å². The van der Waals surface area contributed by atoms with E-state index in [1.807, 2.05) is 0 Å². The first-order valence-electron chi connectivity index (χ1n) is 18.8. The van der Waals surface area contributed by atoms with Gasteiger partial charge < -0.3 is 0 Å². The lowest BCUT2D eigenvalue weighted by molar-refractivity contribution is 1.65. The molecule has 0 aliphatic heterocycles. The molecular formula is C54H32. The van der Waals surface area contributed by atoms with Crippen molar-refractivity contribution < 1.29 is 0 Å². The third-order valence-electron chi connectivity index (χ3n) is 11.9. The summed E-state index contributed by atoms with van der Waals surface area (Å²) in [5.74, 6) is 0.